The number of aliphatic hydroxyl groups excluding tert-OH is 1. The van der Waals surface area contributed by atoms with Crippen molar-refractivity contribution < 1.29 is 14.7 Å². The maximum atomic E-state index is 11.9. The lowest BCUT2D eigenvalue weighted by Gasteiger charge is -2.09. The monoisotopic (exact) mass is 308 g/mol. The highest BCUT2D eigenvalue weighted by atomic mass is 35.5. The third-order valence-corrected chi connectivity index (χ3v) is 2.71. The van der Waals surface area contributed by atoms with E-state index < -0.39 is 5.91 Å². The summed E-state index contributed by atoms with van der Waals surface area (Å²) in [6.07, 6.45) is 0. The molecule has 0 saturated carbocycles. The lowest BCUT2D eigenvalue weighted by atomic mass is 10.1. The van der Waals surface area contributed by atoms with E-state index in [-0.39, 0.29) is 25.1 Å². The zero-order valence-corrected chi connectivity index (χ0v) is 12.6. The molecule has 0 saturated heterocycles. The van der Waals surface area contributed by atoms with Crippen molar-refractivity contribution in [1.29, 1.82) is 0 Å². The first-order chi connectivity index (χ1) is 9.93. The number of benzene rings is 1. The molecule has 0 radical (unpaired) electrons. The van der Waals surface area contributed by atoms with Crippen LogP contribution >= 0.6 is 11.6 Å². The quantitative estimate of drug-likeness (QED) is 0.724. The Morgan fingerprint density at radius 3 is 2.67 bits per heavy atom. The van der Waals surface area contributed by atoms with Crippen molar-refractivity contribution in [3.63, 3.8) is 0 Å². The third-order valence-electron chi connectivity index (χ3n) is 2.39. The molecule has 112 valence electrons. The molecular formula is C15H17ClN2O3. The SMILES string of the molecule is CC(C)NC(=O)CNC(=O)c1ccc(C#CCO)c(Cl)c1. The highest BCUT2D eigenvalue weighted by Gasteiger charge is 2.10. The molecule has 0 atom stereocenters. The van der Waals surface area contributed by atoms with Crippen LogP contribution in [0.2, 0.25) is 5.02 Å². The van der Waals surface area contributed by atoms with Gasteiger partial charge in [0.15, 0.2) is 0 Å². The van der Waals surface area contributed by atoms with Crippen LogP contribution in [0.15, 0.2) is 18.2 Å². The van der Waals surface area contributed by atoms with Crippen molar-refractivity contribution in [3.8, 4) is 11.8 Å². The summed E-state index contributed by atoms with van der Waals surface area (Å²) in [6.45, 7) is 3.32. The van der Waals surface area contributed by atoms with E-state index in [0.29, 0.717) is 16.1 Å². The molecule has 0 aromatic heterocycles. The Hall–Kier alpha value is -2.03. The van der Waals surface area contributed by atoms with Crippen molar-refractivity contribution in [1.82, 2.24) is 10.6 Å². The number of nitrogens with one attached hydrogen (secondary N) is 2. The molecule has 21 heavy (non-hydrogen) atoms. The van der Waals surface area contributed by atoms with Gasteiger partial charge >= 0.3 is 0 Å². The van der Waals surface area contributed by atoms with Gasteiger partial charge in [-0.2, -0.15) is 0 Å². The minimum atomic E-state index is -0.391. The van der Waals surface area contributed by atoms with E-state index in [1.165, 1.54) is 6.07 Å². The summed E-state index contributed by atoms with van der Waals surface area (Å²) in [7, 11) is 0. The molecule has 1 rings (SSSR count). The molecule has 3 N–H and O–H groups in total. The summed E-state index contributed by atoms with van der Waals surface area (Å²) >= 11 is 6.00. The normalized spacial score (nSPS) is 9.76. The molecule has 0 spiro atoms. The Morgan fingerprint density at radius 1 is 1.38 bits per heavy atom. The number of hydrogen-bond donors (Lipinski definition) is 3. The number of rotatable bonds is 4. The standard InChI is InChI=1S/C15H17ClN2O3/c1-10(2)18-14(20)9-17-15(21)12-6-5-11(4-3-7-19)13(16)8-12/h5-6,8,10,19H,7,9H2,1-2H3,(H,17,21)(H,18,20). The maximum Gasteiger partial charge on any atom is 0.251 e. The smallest absolute Gasteiger partial charge is 0.251 e. The number of halogens is 1. The molecule has 0 unspecified atom stereocenters. The highest BCUT2D eigenvalue weighted by molar-refractivity contribution is 6.32. The minimum Gasteiger partial charge on any atom is -0.384 e. The number of carbonyl (C=O) groups excluding carboxylic acids is 2. The van der Waals surface area contributed by atoms with Crippen LogP contribution in [0.25, 0.3) is 0 Å². The van der Waals surface area contributed by atoms with Crippen LogP contribution in [0, 0.1) is 11.8 Å². The highest BCUT2D eigenvalue weighted by Crippen LogP contribution is 2.16. The fourth-order valence-electron chi connectivity index (χ4n) is 1.53. The van der Waals surface area contributed by atoms with Gasteiger partial charge < -0.3 is 15.7 Å². The second-order valence-electron chi connectivity index (χ2n) is 4.56. The van der Waals surface area contributed by atoms with Gasteiger partial charge in [0, 0.05) is 17.2 Å². The molecule has 2 amide bonds. The summed E-state index contributed by atoms with van der Waals surface area (Å²) in [4.78, 5) is 23.3. The lowest BCUT2D eigenvalue weighted by Crippen LogP contribution is -2.39. The van der Waals surface area contributed by atoms with Gasteiger partial charge in [0.2, 0.25) is 5.91 Å². The van der Waals surface area contributed by atoms with Gasteiger partial charge in [0.05, 0.1) is 11.6 Å². The first kappa shape index (κ1) is 17.0. The van der Waals surface area contributed by atoms with Crippen LogP contribution in [0.4, 0.5) is 0 Å². The van der Waals surface area contributed by atoms with Gasteiger partial charge in [0.1, 0.15) is 6.61 Å². The number of aliphatic hydroxyl groups is 1. The first-order valence-electron chi connectivity index (χ1n) is 6.41. The molecule has 0 bridgehead atoms. The summed E-state index contributed by atoms with van der Waals surface area (Å²) in [5.74, 6) is 4.51. The Labute approximate surface area is 128 Å². The summed E-state index contributed by atoms with van der Waals surface area (Å²) < 4.78 is 0. The number of hydrogen-bond acceptors (Lipinski definition) is 3. The van der Waals surface area contributed by atoms with E-state index >= 15 is 0 Å². The molecule has 6 heteroatoms. The molecule has 1 aromatic carbocycles. The third kappa shape index (κ3) is 5.86. The van der Waals surface area contributed by atoms with Gasteiger partial charge in [-0.15, -0.1) is 0 Å². The molecule has 0 aliphatic carbocycles. The Balaban J connectivity index is 2.67. The number of amides is 2. The molecule has 5 nitrogen and oxygen atoms in total. The molecule has 0 fully saturated rings. The van der Waals surface area contributed by atoms with E-state index in [1.807, 2.05) is 13.8 Å². The van der Waals surface area contributed by atoms with Gasteiger partial charge in [-0.25, -0.2) is 0 Å². The van der Waals surface area contributed by atoms with Crippen LogP contribution in [-0.4, -0.2) is 36.1 Å². The molecule has 1 aromatic rings. The van der Waals surface area contributed by atoms with Crippen LogP contribution in [0.3, 0.4) is 0 Å². The minimum absolute atomic E-state index is 0.0215. The summed E-state index contributed by atoms with van der Waals surface area (Å²) in [6, 6.07) is 4.64. The zero-order chi connectivity index (χ0) is 15.8. The predicted octanol–water partition coefficient (Wildman–Crippen LogP) is 0.938. The predicted molar refractivity (Wildman–Crippen MR) is 81.0 cm³/mol. The molecular weight excluding hydrogens is 292 g/mol. The topological polar surface area (TPSA) is 78.4 Å². The average Bonchev–Trinajstić information content (AvgIpc) is 2.42. The zero-order valence-electron chi connectivity index (χ0n) is 11.9. The molecule has 0 aliphatic rings. The van der Waals surface area contributed by atoms with Gasteiger partial charge in [0.25, 0.3) is 5.91 Å². The fourth-order valence-corrected chi connectivity index (χ4v) is 1.76. The van der Waals surface area contributed by atoms with Gasteiger partial charge in [-0.1, -0.05) is 23.4 Å². The van der Waals surface area contributed by atoms with Crippen LogP contribution in [-0.2, 0) is 4.79 Å². The fraction of sp³-hybridized carbons (Fsp3) is 0.333. The maximum absolute atomic E-state index is 11.9. The molecule has 0 aliphatic heterocycles. The second-order valence-corrected chi connectivity index (χ2v) is 4.97. The summed E-state index contributed by atoms with van der Waals surface area (Å²) in [5.41, 5.74) is 0.867. The Kier molecular flexibility index (Phi) is 6.73. The number of carbonyl (C=O) groups is 2. The van der Waals surface area contributed by atoms with Crippen LogP contribution in [0.1, 0.15) is 29.8 Å². The van der Waals surface area contributed by atoms with Crippen molar-refractivity contribution >= 4 is 23.4 Å². The Bertz CT molecular complexity index is 588. The Morgan fingerprint density at radius 2 is 2.10 bits per heavy atom. The van der Waals surface area contributed by atoms with Gasteiger partial charge in [-0.05, 0) is 32.0 Å². The van der Waals surface area contributed by atoms with Crippen molar-refractivity contribution in [2.24, 2.45) is 0 Å². The first-order valence-corrected chi connectivity index (χ1v) is 6.78. The average molecular weight is 309 g/mol. The van der Waals surface area contributed by atoms with E-state index in [9.17, 15) is 9.59 Å². The van der Waals surface area contributed by atoms with E-state index in [0.717, 1.165) is 0 Å². The van der Waals surface area contributed by atoms with Crippen LogP contribution < -0.4 is 10.6 Å². The van der Waals surface area contributed by atoms with E-state index in [1.54, 1.807) is 12.1 Å². The largest absolute Gasteiger partial charge is 0.384 e. The van der Waals surface area contributed by atoms with E-state index in [4.69, 9.17) is 16.7 Å². The van der Waals surface area contributed by atoms with E-state index in [2.05, 4.69) is 22.5 Å². The van der Waals surface area contributed by atoms with Crippen molar-refractivity contribution in [2.45, 2.75) is 19.9 Å². The molecule has 0 heterocycles. The summed E-state index contributed by atoms with van der Waals surface area (Å²) in [5, 5.41) is 14.1. The van der Waals surface area contributed by atoms with Crippen molar-refractivity contribution in [2.75, 3.05) is 13.2 Å². The lowest BCUT2D eigenvalue weighted by molar-refractivity contribution is -0.120. The second kappa shape index (κ2) is 8.30. The van der Waals surface area contributed by atoms with Crippen molar-refractivity contribution in [3.05, 3.63) is 34.3 Å². The van der Waals surface area contributed by atoms with Crippen LogP contribution in [0.5, 0.6) is 0 Å². The van der Waals surface area contributed by atoms with Gasteiger partial charge in [-0.3, -0.25) is 9.59 Å².